The second-order valence-electron chi connectivity index (χ2n) is 4.55. The van der Waals surface area contributed by atoms with E-state index in [1.54, 1.807) is 11.0 Å². The van der Waals surface area contributed by atoms with E-state index in [-0.39, 0.29) is 17.1 Å². The fourth-order valence-corrected chi connectivity index (χ4v) is 2.37. The first-order chi connectivity index (χ1) is 9.24. The van der Waals surface area contributed by atoms with Gasteiger partial charge in [0.15, 0.2) is 0 Å². The molecule has 0 saturated carbocycles. The second kappa shape index (κ2) is 6.58. The van der Waals surface area contributed by atoms with E-state index < -0.39 is 15.9 Å². The molecule has 0 radical (unpaired) electrons. The zero-order valence-electron chi connectivity index (χ0n) is 11.4. The number of nitrogen functional groups attached to an aromatic ring is 1. The van der Waals surface area contributed by atoms with Crippen molar-refractivity contribution in [2.75, 3.05) is 23.7 Å². The number of carbonyl (C=O) groups excluding carboxylic acids is 1. The SMILES string of the molecule is CCCCN(CC(N)=O)c1cc(N)cc(S(N)(=O)=O)c1. The van der Waals surface area contributed by atoms with Crippen molar-refractivity contribution in [3.63, 3.8) is 0 Å². The Balaban J connectivity index is 3.18. The smallest absolute Gasteiger partial charge is 0.238 e. The second-order valence-corrected chi connectivity index (χ2v) is 6.11. The number of nitrogens with two attached hydrogens (primary N) is 3. The third-order valence-electron chi connectivity index (χ3n) is 2.74. The van der Waals surface area contributed by atoms with Crippen LogP contribution in [0.15, 0.2) is 23.1 Å². The summed E-state index contributed by atoms with van der Waals surface area (Å²) in [7, 11) is -3.85. The van der Waals surface area contributed by atoms with Gasteiger partial charge < -0.3 is 16.4 Å². The van der Waals surface area contributed by atoms with Crippen molar-refractivity contribution in [2.24, 2.45) is 10.9 Å². The van der Waals surface area contributed by atoms with Crippen LogP contribution in [0, 0.1) is 0 Å². The normalized spacial score (nSPS) is 11.3. The van der Waals surface area contributed by atoms with E-state index in [2.05, 4.69) is 0 Å². The molecule has 1 amide bonds. The highest BCUT2D eigenvalue weighted by Gasteiger charge is 2.15. The van der Waals surface area contributed by atoms with Gasteiger partial charge in [-0.1, -0.05) is 13.3 Å². The molecule has 0 heterocycles. The van der Waals surface area contributed by atoms with E-state index in [0.29, 0.717) is 12.2 Å². The number of anilines is 2. The summed E-state index contributed by atoms with van der Waals surface area (Å²) in [5.41, 5.74) is 11.7. The fourth-order valence-electron chi connectivity index (χ4n) is 1.79. The summed E-state index contributed by atoms with van der Waals surface area (Å²) in [6.07, 6.45) is 1.77. The number of nitrogens with zero attached hydrogens (tertiary/aromatic N) is 1. The minimum atomic E-state index is -3.85. The zero-order valence-corrected chi connectivity index (χ0v) is 12.2. The minimum Gasteiger partial charge on any atom is -0.399 e. The molecule has 8 heteroatoms. The monoisotopic (exact) mass is 300 g/mol. The Morgan fingerprint density at radius 3 is 2.45 bits per heavy atom. The van der Waals surface area contributed by atoms with Crippen molar-refractivity contribution in [1.29, 1.82) is 0 Å². The number of unbranched alkanes of at least 4 members (excludes halogenated alkanes) is 1. The van der Waals surface area contributed by atoms with Crippen LogP contribution in [-0.2, 0) is 14.8 Å². The third kappa shape index (κ3) is 4.71. The third-order valence-corrected chi connectivity index (χ3v) is 3.63. The Kier molecular flexibility index (Phi) is 5.34. The molecule has 20 heavy (non-hydrogen) atoms. The molecule has 0 spiro atoms. The molecule has 0 aromatic heterocycles. The predicted octanol–water partition coefficient (Wildman–Crippen LogP) is 0.00800. The van der Waals surface area contributed by atoms with Crippen LogP contribution < -0.4 is 21.5 Å². The number of hydrogen-bond donors (Lipinski definition) is 3. The highest BCUT2D eigenvalue weighted by atomic mass is 32.2. The van der Waals surface area contributed by atoms with E-state index in [1.807, 2.05) is 6.92 Å². The van der Waals surface area contributed by atoms with Gasteiger partial charge in [0.25, 0.3) is 0 Å². The van der Waals surface area contributed by atoms with Gasteiger partial charge in [-0.2, -0.15) is 0 Å². The topological polar surface area (TPSA) is 133 Å². The van der Waals surface area contributed by atoms with Crippen LogP contribution in [0.1, 0.15) is 19.8 Å². The standard InChI is InChI=1S/C12H20N4O3S/c1-2-3-4-16(8-12(14)17)10-5-9(13)6-11(7-10)20(15,18)19/h5-7H,2-4,8,13H2,1H3,(H2,14,17)(H2,15,18,19). The lowest BCUT2D eigenvalue weighted by molar-refractivity contribution is -0.116. The number of rotatable bonds is 7. The molecule has 0 fully saturated rings. The van der Waals surface area contributed by atoms with Crippen molar-refractivity contribution in [3.05, 3.63) is 18.2 Å². The van der Waals surface area contributed by atoms with Gasteiger partial charge in [0, 0.05) is 17.9 Å². The molecule has 1 aromatic carbocycles. The maximum absolute atomic E-state index is 11.4. The van der Waals surface area contributed by atoms with E-state index in [4.69, 9.17) is 16.6 Å². The van der Waals surface area contributed by atoms with Gasteiger partial charge in [-0.25, -0.2) is 13.6 Å². The van der Waals surface area contributed by atoms with Crippen LogP contribution in [0.2, 0.25) is 0 Å². The average molecular weight is 300 g/mol. The molecule has 0 bridgehead atoms. The number of hydrogen-bond acceptors (Lipinski definition) is 5. The number of primary amides is 1. The summed E-state index contributed by atoms with van der Waals surface area (Å²) < 4.78 is 22.8. The van der Waals surface area contributed by atoms with Crippen molar-refractivity contribution in [2.45, 2.75) is 24.7 Å². The van der Waals surface area contributed by atoms with Gasteiger partial charge in [0.05, 0.1) is 11.4 Å². The molecule has 0 unspecified atom stereocenters. The molecular weight excluding hydrogens is 280 g/mol. The number of primary sulfonamides is 1. The number of amides is 1. The molecule has 0 atom stereocenters. The number of carbonyl (C=O) groups is 1. The van der Waals surface area contributed by atoms with Crippen LogP contribution in [-0.4, -0.2) is 27.4 Å². The van der Waals surface area contributed by atoms with Crippen LogP contribution in [0.4, 0.5) is 11.4 Å². The largest absolute Gasteiger partial charge is 0.399 e. The maximum atomic E-state index is 11.4. The number of sulfonamides is 1. The first-order valence-electron chi connectivity index (χ1n) is 6.20. The van der Waals surface area contributed by atoms with Gasteiger partial charge in [-0.3, -0.25) is 4.79 Å². The fraction of sp³-hybridized carbons (Fsp3) is 0.417. The zero-order chi connectivity index (χ0) is 15.3. The molecule has 112 valence electrons. The molecule has 1 aromatic rings. The Morgan fingerprint density at radius 1 is 1.30 bits per heavy atom. The molecule has 0 aliphatic heterocycles. The molecule has 1 rings (SSSR count). The van der Waals surface area contributed by atoms with Crippen molar-refractivity contribution in [3.8, 4) is 0 Å². The predicted molar refractivity (Wildman–Crippen MR) is 78.5 cm³/mol. The Labute approximate surface area is 118 Å². The van der Waals surface area contributed by atoms with E-state index in [9.17, 15) is 13.2 Å². The maximum Gasteiger partial charge on any atom is 0.238 e. The first kappa shape index (κ1) is 16.3. The minimum absolute atomic E-state index is 0.00644. The summed E-state index contributed by atoms with van der Waals surface area (Å²) >= 11 is 0. The quantitative estimate of drug-likeness (QED) is 0.610. The summed E-state index contributed by atoms with van der Waals surface area (Å²) in [6.45, 7) is 2.58. The van der Waals surface area contributed by atoms with Gasteiger partial charge in [-0.15, -0.1) is 0 Å². The highest BCUT2D eigenvalue weighted by molar-refractivity contribution is 7.89. The summed E-state index contributed by atoms with van der Waals surface area (Å²) in [4.78, 5) is 12.7. The van der Waals surface area contributed by atoms with Gasteiger partial charge in [0.2, 0.25) is 15.9 Å². The summed E-state index contributed by atoms with van der Waals surface area (Å²) in [5, 5.41) is 5.10. The van der Waals surface area contributed by atoms with E-state index in [0.717, 1.165) is 12.8 Å². The van der Waals surface area contributed by atoms with Gasteiger partial charge >= 0.3 is 0 Å². The average Bonchev–Trinajstić information content (AvgIpc) is 2.32. The Hall–Kier alpha value is -1.80. The Morgan fingerprint density at radius 2 is 1.95 bits per heavy atom. The lowest BCUT2D eigenvalue weighted by atomic mass is 10.2. The van der Waals surface area contributed by atoms with Crippen LogP contribution in [0.3, 0.4) is 0 Å². The van der Waals surface area contributed by atoms with Crippen molar-refractivity contribution >= 4 is 27.3 Å². The number of benzene rings is 1. The van der Waals surface area contributed by atoms with Crippen molar-refractivity contribution < 1.29 is 13.2 Å². The first-order valence-corrected chi connectivity index (χ1v) is 7.75. The van der Waals surface area contributed by atoms with E-state index >= 15 is 0 Å². The Bertz CT molecular complexity index is 586. The lowest BCUT2D eigenvalue weighted by Crippen LogP contribution is -2.34. The van der Waals surface area contributed by atoms with Gasteiger partial charge in [0.1, 0.15) is 0 Å². The molecule has 0 saturated heterocycles. The molecule has 7 nitrogen and oxygen atoms in total. The van der Waals surface area contributed by atoms with Crippen LogP contribution >= 0.6 is 0 Å². The van der Waals surface area contributed by atoms with E-state index in [1.165, 1.54) is 12.1 Å². The summed E-state index contributed by atoms with van der Waals surface area (Å²) in [6, 6.07) is 4.26. The molecule has 6 N–H and O–H groups in total. The molecular formula is C12H20N4O3S. The highest BCUT2D eigenvalue weighted by Crippen LogP contribution is 2.23. The molecule has 0 aliphatic rings. The van der Waals surface area contributed by atoms with Crippen LogP contribution in [0.25, 0.3) is 0 Å². The summed E-state index contributed by atoms with van der Waals surface area (Å²) in [5.74, 6) is -0.499. The molecule has 0 aliphatic carbocycles. The van der Waals surface area contributed by atoms with Crippen LogP contribution in [0.5, 0.6) is 0 Å². The van der Waals surface area contributed by atoms with Gasteiger partial charge in [-0.05, 0) is 24.6 Å². The van der Waals surface area contributed by atoms with Crippen molar-refractivity contribution in [1.82, 2.24) is 0 Å². The lowest BCUT2D eigenvalue weighted by Gasteiger charge is -2.24.